The van der Waals surface area contributed by atoms with Crippen LogP contribution in [0.3, 0.4) is 0 Å². The maximum atomic E-state index is 13.5. The Hall–Kier alpha value is -4.51. The molecule has 186 valence electrons. The third-order valence-corrected chi connectivity index (χ3v) is 6.00. The van der Waals surface area contributed by atoms with Gasteiger partial charge in [0.05, 0.1) is 19.0 Å². The number of rotatable bonds is 9. The molecule has 2 amide bonds. The van der Waals surface area contributed by atoms with E-state index in [0.29, 0.717) is 5.69 Å². The van der Waals surface area contributed by atoms with E-state index < -0.39 is 0 Å². The zero-order valence-corrected chi connectivity index (χ0v) is 20.7. The minimum atomic E-state index is -0.330. The summed E-state index contributed by atoms with van der Waals surface area (Å²) in [7, 11) is 0. The van der Waals surface area contributed by atoms with Gasteiger partial charge in [-0.25, -0.2) is 4.39 Å². The number of benzene rings is 4. The van der Waals surface area contributed by atoms with E-state index in [1.165, 1.54) is 18.2 Å². The van der Waals surface area contributed by atoms with Crippen LogP contribution in [-0.4, -0.2) is 11.8 Å². The van der Waals surface area contributed by atoms with Crippen molar-refractivity contribution in [3.05, 3.63) is 143 Å². The molecular weight excluding hydrogens is 463 g/mol. The Bertz CT molecular complexity index is 1350. The van der Waals surface area contributed by atoms with Gasteiger partial charge in [-0.05, 0) is 59.5 Å². The summed E-state index contributed by atoms with van der Waals surface area (Å²) in [5, 5.41) is 3.03. The van der Waals surface area contributed by atoms with Gasteiger partial charge in [0.25, 0.3) is 5.91 Å². The van der Waals surface area contributed by atoms with Gasteiger partial charge in [-0.3, -0.25) is 9.59 Å². The molecule has 5 heteroatoms. The molecule has 0 fully saturated rings. The van der Waals surface area contributed by atoms with Crippen LogP contribution in [0.4, 0.5) is 10.1 Å². The lowest BCUT2D eigenvalue weighted by atomic mass is 10.1. The Morgan fingerprint density at radius 2 is 1.51 bits per heavy atom. The van der Waals surface area contributed by atoms with Crippen LogP contribution < -0.4 is 10.2 Å². The summed E-state index contributed by atoms with van der Waals surface area (Å²) in [4.78, 5) is 27.7. The van der Waals surface area contributed by atoms with Gasteiger partial charge >= 0.3 is 0 Å². The molecule has 4 aromatic rings. The van der Waals surface area contributed by atoms with E-state index in [1.807, 2.05) is 91.9 Å². The number of carbonyl (C=O) groups excluding carboxylic acids is 2. The highest BCUT2D eigenvalue weighted by Crippen LogP contribution is 2.21. The van der Waals surface area contributed by atoms with Crippen molar-refractivity contribution < 1.29 is 14.0 Å². The van der Waals surface area contributed by atoms with Crippen molar-refractivity contribution in [1.82, 2.24) is 5.32 Å². The van der Waals surface area contributed by atoms with Crippen molar-refractivity contribution in [2.75, 3.05) is 4.90 Å². The molecule has 4 aromatic carbocycles. The molecule has 1 N–H and O–H groups in total. The third kappa shape index (κ3) is 7.48. The predicted octanol–water partition coefficient (Wildman–Crippen LogP) is 6.49. The summed E-state index contributed by atoms with van der Waals surface area (Å²) >= 11 is 0. The lowest BCUT2D eigenvalue weighted by molar-refractivity contribution is -0.121. The fourth-order valence-electron chi connectivity index (χ4n) is 4.03. The van der Waals surface area contributed by atoms with Gasteiger partial charge < -0.3 is 10.2 Å². The SMILES string of the molecule is C[C@H](NC(=O)Cc1cccc(N(Cc2ccc(F)cc2)C(=O)/C=C/c2ccccc2)c1)c1ccccc1. The van der Waals surface area contributed by atoms with Gasteiger partial charge in [0.1, 0.15) is 5.82 Å². The van der Waals surface area contributed by atoms with Crippen molar-refractivity contribution in [2.24, 2.45) is 0 Å². The Balaban J connectivity index is 1.53. The summed E-state index contributed by atoms with van der Waals surface area (Å²) in [5.41, 5.74) is 4.19. The molecule has 4 nitrogen and oxygen atoms in total. The number of anilines is 1. The van der Waals surface area contributed by atoms with Crippen LogP contribution in [0, 0.1) is 5.82 Å². The van der Waals surface area contributed by atoms with E-state index >= 15 is 0 Å². The van der Waals surface area contributed by atoms with Crippen molar-refractivity contribution in [2.45, 2.75) is 25.9 Å². The van der Waals surface area contributed by atoms with Gasteiger partial charge in [-0.1, -0.05) is 84.9 Å². The van der Waals surface area contributed by atoms with Gasteiger partial charge in [0, 0.05) is 11.8 Å². The number of hydrogen-bond donors (Lipinski definition) is 1. The first-order valence-electron chi connectivity index (χ1n) is 12.2. The molecule has 0 aliphatic rings. The van der Waals surface area contributed by atoms with Crippen LogP contribution in [0.25, 0.3) is 6.08 Å². The largest absolute Gasteiger partial charge is 0.349 e. The average Bonchev–Trinajstić information content (AvgIpc) is 2.92. The molecule has 0 saturated carbocycles. The standard InChI is InChI=1S/C32H29FN2O2/c1-24(28-12-6-3-7-13-28)34-31(36)22-27-11-8-14-30(21-27)35(23-26-15-18-29(33)19-16-26)32(37)20-17-25-9-4-2-5-10-25/h2-21,24H,22-23H2,1H3,(H,34,36)/b20-17+/t24-/m0/s1. The number of hydrogen-bond acceptors (Lipinski definition) is 2. The second-order valence-corrected chi connectivity index (χ2v) is 8.84. The van der Waals surface area contributed by atoms with Crippen molar-refractivity contribution >= 4 is 23.6 Å². The first-order valence-corrected chi connectivity index (χ1v) is 12.2. The number of halogens is 1. The van der Waals surface area contributed by atoms with Crippen LogP contribution in [0.15, 0.2) is 115 Å². The van der Waals surface area contributed by atoms with E-state index in [0.717, 1.165) is 22.3 Å². The van der Waals surface area contributed by atoms with E-state index in [9.17, 15) is 14.0 Å². The summed E-state index contributed by atoms with van der Waals surface area (Å²) < 4.78 is 13.5. The van der Waals surface area contributed by atoms with Crippen LogP contribution in [-0.2, 0) is 22.6 Å². The first-order chi connectivity index (χ1) is 18.0. The lowest BCUT2D eigenvalue weighted by Crippen LogP contribution is -2.29. The summed E-state index contributed by atoms with van der Waals surface area (Å²) in [6.07, 6.45) is 3.48. The Kier molecular flexibility index (Phi) is 8.61. The molecule has 0 aliphatic carbocycles. The minimum Gasteiger partial charge on any atom is -0.349 e. The molecule has 0 spiro atoms. The minimum absolute atomic E-state index is 0.103. The first kappa shape index (κ1) is 25.6. The van der Waals surface area contributed by atoms with E-state index in [-0.39, 0.29) is 36.6 Å². The highest BCUT2D eigenvalue weighted by Gasteiger charge is 2.16. The zero-order chi connectivity index (χ0) is 26.0. The maximum absolute atomic E-state index is 13.5. The Morgan fingerprint density at radius 3 is 2.22 bits per heavy atom. The maximum Gasteiger partial charge on any atom is 0.251 e. The quantitative estimate of drug-likeness (QED) is 0.272. The van der Waals surface area contributed by atoms with Crippen LogP contribution >= 0.6 is 0 Å². The van der Waals surface area contributed by atoms with E-state index in [4.69, 9.17) is 0 Å². The van der Waals surface area contributed by atoms with Crippen LogP contribution in [0.1, 0.15) is 35.2 Å². The van der Waals surface area contributed by atoms with E-state index in [1.54, 1.807) is 23.1 Å². The molecule has 0 radical (unpaired) electrons. The molecular formula is C32H29FN2O2. The molecule has 0 heterocycles. The number of carbonyl (C=O) groups is 2. The molecule has 0 aliphatic heterocycles. The number of nitrogens with zero attached hydrogens (tertiary/aromatic N) is 1. The number of nitrogens with one attached hydrogen (secondary N) is 1. The third-order valence-electron chi connectivity index (χ3n) is 6.00. The molecule has 1 atom stereocenters. The Morgan fingerprint density at radius 1 is 0.838 bits per heavy atom. The molecule has 0 aromatic heterocycles. The molecule has 0 bridgehead atoms. The van der Waals surface area contributed by atoms with Gasteiger partial charge in [-0.15, -0.1) is 0 Å². The lowest BCUT2D eigenvalue weighted by Gasteiger charge is -2.22. The number of amides is 2. The monoisotopic (exact) mass is 492 g/mol. The van der Waals surface area contributed by atoms with Gasteiger partial charge in [0.2, 0.25) is 5.91 Å². The predicted molar refractivity (Wildman–Crippen MR) is 146 cm³/mol. The normalized spacial score (nSPS) is 11.7. The molecule has 0 unspecified atom stereocenters. The molecule has 4 rings (SSSR count). The van der Waals surface area contributed by atoms with E-state index in [2.05, 4.69) is 5.32 Å². The van der Waals surface area contributed by atoms with Crippen molar-refractivity contribution in [1.29, 1.82) is 0 Å². The highest BCUT2D eigenvalue weighted by molar-refractivity contribution is 6.03. The van der Waals surface area contributed by atoms with Crippen molar-refractivity contribution in [3.63, 3.8) is 0 Å². The van der Waals surface area contributed by atoms with Gasteiger partial charge in [-0.2, -0.15) is 0 Å². The summed E-state index contributed by atoms with van der Waals surface area (Å²) in [5.74, 6) is -0.648. The smallest absolute Gasteiger partial charge is 0.251 e. The topological polar surface area (TPSA) is 49.4 Å². The fourth-order valence-corrected chi connectivity index (χ4v) is 4.03. The highest BCUT2D eigenvalue weighted by atomic mass is 19.1. The van der Waals surface area contributed by atoms with Crippen molar-refractivity contribution in [3.8, 4) is 0 Å². The van der Waals surface area contributed by atoms with Crippen LogP contribution in [0.5, 0.6) is 0 Å². The summed E-state index contributed by atoms with van der Waals surface area (Å²) in [6.45, 7) is 2.21. The fraction of sp³-hybridized carbons (Fsp3) is 0.125. The second-order valence-electron chi connectivity index (χ2n) is 8.84. The molecule has 0 saturated heterocycles. The average molecular weight is 493 g/mol. The molecule has 37 heavy (non-hydrogen) atoms. The Labute approximate surface area is 217 Å². The van der Waals surface area contributed by atoms with Crippen LogP contribution in [0.2, 0.25) is 0 Å². The zero-order valence-electron chi connectivity index (χ0n) is 20.7. The second kappa shape index (κ2) is 12.5. The summed E-state index contributed by atoms with van der Waals surface area (Å²) in [6, 6.07) is 32.8. The van der Waals surface area contributed by atoms with Gasteiger partial charge in [0.15, 0.2) is 0 Å².